The molecule has 0 saturated heterocycles. The van der Waals surface area contributed by atoms with Gasteiger partial charge in [-0.05, 0) is 5.56 Å². The minimum atomic E-state index is -4.75. The van der Waals surface area contributed by atoms with Gasteiger partial charge in [0.1, 0.15) is 0 Å². The van der Waals surface area contributed by atoms with Gasteiger partial charge in [0, 0.05) is 12.6 Å². The summed E-state index contributed by atoms with van der Waals surface area (Å²) < 4.78 is 48.2. The maximum atomic E-state index is 11.9. The van der Waals surface area contributed by atoms with Crippen molar-refractivity contribution in [1.82, 2.24) is 4.72 Å². The Kier molecular flexibility index (Phi) is 7.79. The molecule has 2 atom stereocenters. The molecule has 0 aromatic heterocycles. The van der Waals surface area contributed by atoms with Crippen molar-refractivity contribution in [3.63, 3.8) is 0 Å². The Morgan fingerprint density at radius 2 is 1.36 bits per heavy atom. The molecule has 2 aromatic carbocycles. The second-order valence-electron chi connectivity index (χ2n) is 4.23. The number of nitrogens with one attached hydrogen (secondary N) is 1. The first kappa shape index (κ1) is 18.3. The molecular formula is C15H17F3N2OS. The molecule has 0 fully saturated rings. The lowest BCUT2D eigenvalue weighted by Crippen LogP contribution is -2.35. The van der Waals surface area contributed by atoms with E-state index in [1.165, 1.54) is 0 Å². The van der Waals surface area contributed by atoms with Crippen LogP contribution in [0.3, 0.4) is 0 Å². The van der Waals surface area contributed by atoms with Gasteiger partial charge in [0.15, 0.2) is 11.0 Å². The highest BCUT2D eigenvalue weighted by Gasteiger charge is 2.37. The van der Waals surface area contributed by atoms with E-state index in [1.54, 1.807) is 30.3 Å². The van der Waals surface area contributed by atoms with Crippen molar-refractivity contribution in [2.75, 3.05) is 6.54 Å². The van der Waals surface area contributed by atoms with Crippen LogP contribution >= 0.6 is 0 Å². The van der Waals surface area contributed by atoms with Gasteiger partial charge in [0.2, 0.25) is 0 Å². The van der Waals surface area contributed by atoms with Gasteiger partial charge in [-0.1, -0.05) is 66.7 Å². The fraction of sp³-hybridized carbons (Fsp3) is 0.200. The molecule has 0 bridgehead atoms. The molecule has 0 aliphatic heterocycles. The Morgan fingerprint density at radius 3 is 1.77 bits per heavy atom. The first-order valence-corrected chi connectivity index (χ1v) is 7.59. The van der Waals surface area contributed by atoms with Gasteiger partial charge < -0.3 is 5.73 Å². The van der Waals surface area contributed by atoms with Crippen LogP contribution in [0, 0.1) is 0 Å². The van der Waals surface area contributed by atoms with Gasteiger partial charge in [0.25, 0.3) is 0 Å². The third-order valence-electron chi connectivity index (χ3n) is 2.54. The Morgan fingerprint density at radius 1 is 0.955 bits per heavy atom. The number of rotatable bonds is 4. The number of halogens is 3. The number of alkyl halides is 3. The van der Waals surface area contributed by atoms with Crippen molar-refractivity contribution in [1.29, 1.82) is 0 Å². The summed E-state index contributed by atoms with van der Waals surface area (Å²) >= 11 is 0. The highest BCUT2D eigenvalue weighted by molar-refractivity contribution is 7.83. The minimum absolute atomic E-state index is 0.198. The lowest BCUT2D eigenvalue weighted by Gasteiger charge is -2.13. The quantitative estimate of drug-likeness (QED) is 0.905. The summed E-state index contributed by atoms with van der Waals surface area (Å²) in [5, 5.41) is 0. The van der Waals surface area contributed by atoms with E-state index in [1.807, 2.05) is 41.1 Å². The van der Waals surface area contributed by atoms with Crippen LogP contribution in [-0.2, 0) is 11.0 Å². The second kappa shape index (κ2) is 9.34. The van der Waals surface area contributed by atoms with E-state index in [9.17, 15) is 17.4 Å². The SMILES string of the molecule is NC(CNS(=O)C(F)(F)F)c1ccccc1.c1ccccc1. The molecule has 120 valence electrons. The van der Waals surface area contributed by atoms with Crippen LogP contribution in [0.5, 0.6) is 0 Å². The highest BCUT2D eigenvalue weighted by atomic mass is 32.2. The zero-order valence-electron chi connectivity index (χ0n) is 11.7. The molecule has 3 nitrogen and oxygen atoms in total. The standard InChI is InChI=1S/C9H11F3N2OS.C6H6/c10-9(11,12)16(15)14-6-8(13)7-4-2-1-3-5-7;1-2-4-6-5-3-1/h1-5,8,14H,6,13H2;1-6H. The number of nitrogens with two attached hydrogens (primary N) is 1. The largest absolute Gasteiger partial charge is 0.485 e. The van der Waals surface area contributed by atoms with Crippen molar-refractivity contribution in [2.24, 2.45) is 5.73 Å². The predicted molar refractivity (Wildman–Crippen MR) is 82.0 cm³/mol. The average Bonchev–Trinajstić information content (AvgIpc) is 2.54. The van der Waals surface area contributed by atoms with Crippen LogP contribution in [0.1, 0.15) is 11.6 Å². The minimum Gasteiger partial charge on any atom is -0.323 e. The van der Waals surface area contributed by atoms with Crippen molar-refractivity contribution in [3.8, 4) is 0 Å². The Hall–Kier alpha value is -1.70. The zero-order chi connectivity index (χ0) is 16.4. The molecule has 0 saturated carbocycles. The first-order chi connectivity index (χ1) is 10.4. The number of benzene rings is 2. The Bertz CT molecular complexity index is 523. The van der Waals surface area contributed by atoms with Crippen LogP contribution in [0.15, 0.2) is 66.7 Å². The Labute approximate surface area is 129 Å². The van der Waals surface area contributed by atoms with E-state index in [-0.39, 0.29) is 6.54 Å². The molecule has 2 aromatic rings. The summed E-state index contributed by atoms with van der Waals surface area (Å²) in [6, 6.07) is 20.0. The molecule has 0 aliphatic rings. The van der Waals surface area contributed by atoms with E-state index in [0.717, 1.165) is 0 Å². The summed E-state index contributed by atoms with van der Waals surface area (Å²) in [5.74, 6) is 0. The number of hydrogen-bond donors (Lipinski definition) is 2. The van der Waals surface area contributed by atoms with Gasteiger partial charge in [-0.25, -0.2) is 8.93 Å². The molecule has 2 unspecified atom stereocenters. The normalized spacial score (nSPS) is 13.6. The van der Waals surface area contributed by atoms with Crippen LogP contribution < -0.4 is 10.5 Å². The molecule has 0 radical (unpaired) electrons. The molecule has 22 heavy (non-hydrogen) atoms. The van der Waals surface area contributed by atoms with Crippen LogP contribution in [0.25, 0.3) is 0 Å². The molecular weight excluding hydrogens is 313 g/mol. The van der Waals surface area contributed by atoms with E-state index >= 15 is 0 Å². The lowest BCUT2D eigenvalue weighted by molar-refractivity contribution is -0.0394. The van der Waals surface area contributed by atoms with E-state index < -0.39 is 22.5 Å². The van der Waals surface area contributed by atoms with Crippen LogP contribution in [-0.4, -0.2) is 16.3 Å². The fourth-order valence-electron chi connectivity index (χ4n) is 1.45. The van der Waals surface area contributed by atoms with Crippen LogP contribution in [0.4, 0.5) is 13.2 Å². The van der Waals surface area contributed by atoms with Gasteiger partial charge in [-0.3, -0.25) is 0 Å². The predicted octanol–water partition coefficient (Wildman–Crippen LogP) is 3.15. The molecule has 0 spiro atoms. The summed E-state index contributed by atoms with van der Waals surface area (Å²) in [7, 11) is -3.06. The van der Waals surface area contributed by atoms with E-state index in [0.29, 0.717) is 5.56 Å². The molecule has 3 N–H and O–H groups in total. The van der Waals surface area contributed by atoms with Gasteiger partial charge in [-0.15, -0.1) is 0 Å². The first-order valence-electron chi connectivity index (χ1n) is 6.44. The maximum absolute atomic E-state index is 11.9. The summed E-state index contributed by atoms with van der Waals surface area (Å²) in [4.78, 5) is 0. The fourth-order valence-corrected chi connectivity index (χ4v) is 1.94. The third-order valence-corrected chi connectivity index (χ3v) is 3.39. The van der Waals surface area contributed by atoms with Crippen molar-refractivity contribution in [2.45, 2.75) is 11.6 Å². The van der Waals surface area contributed by atoms with Crippen molar-refractivity contribution >= 4 is 11.0 Å². The van der Waals surface area contributed by atoms with Gasteiger partial charge >= 0.3 is 5.51 Å². The van der Waals surface area contributed by atoms with Gasteiger partial charge in [-0.2, -0.15) is 13.2 Å². The Balaban J connectivity index is 0.000000335. The average molecular weight is 330 g/mol. The van der Waals surface area contributed by atoms with Crippen molar-refractivity contribution in [3.05, 3.63) is 72.3 Å². The van der Waals surface area contributed by atoms with Gasteiger partial charge in [0.05, 0.1) is 0 Å². The third kappa shape index (κ3) is 7.35. The van der Waals surface area contributed by atoms with E-state index in [2.05, 4.69) is 0 Å². The summed E-state index contributed by atoms with van der Waals surface area (Å²) in [6.07, 6.45) is 0. The highest BCUT2D eigenvalue weighted by Crippen LogP contribution is 2.18. The second-order valence-corrected chi connectivity index (χ2v) is 5.52. The monoisotopic (exact) mass is 330 g/mol. The molecule has 2 rings (SSSR count). The number of hydrogen-bond acceptors (Lipinski definition) is 2. The smallest absolute Gasteiger partial charge is 0.323 e. The molecule has 0 aliphatic carbocycles. The molecule has 7 heteroatoms. The molecule has 0 amide bonds. The lowest BCUT2D eigenvalue weighted by atomic mass is 10.1. The zero-order valence-corrected chi connectivity index (χ0v) is 12.5. The topological polar surface area (TPSA) is 55.1 Å². The maximum Gasteiger partial charge on any atom is 0.485 e. The summed E-state index contributed by atoms with van der Waals surface area (Å²) in [5.41, 5.74) is 1.56. The van der Waals surface area contributed by atoms with E-state index in [4.69, 9.17) is 5.73 Å². The van der Waals surface area contributed by atoms with Crippen molar-refractivity contribution < 1.29 is 17.4 Å². The summed E-state index contributed by atoms with van der Waals surface area (Å²) in [6.45, 7) is -0.198. The molecule has 0 heterocycles. The van der Waals surface area contributed by atoms with Crippen LogP contribution in [0.2, 0.25) is 0 Å².